The molecular weight excluding hydrogens is 440 g/mol. The Kier molecular flexibility index (Phi) is 8.38. The molecule has 1 aliphatic rings. The van der Waals surface area contributed by atoms with Gasteiger partial charge in [-0.1, -0.05) is 54.1 Å². The van der Waals surface area contributed by atoms with E-state index in [0.29, 0.717) is 31.3 Å². The van der Waals surface area contributed by atoms with Crippen molar-refractivity contribution in [1.82, 2.24) is 9.80 Å². The van der Waals surface area contributed by atoms with Crippen LogP contribution in [0.15, 0.2) is 54.6 Å². The number of nitrogens with zero attached hydrogens (tertiary/aromatic N) is 2. The Bertz CT molecular complexity index is 928. The summed E-state index contributed by atoms with van der Waals surface area (Å²) in [5.74, 6) is -0.276. The summed E-state index contributed by atoms with van der Waals surface area (Å²) in [6.07, 6.45) is -0.178. The molecule has 0 saturated carbocycles. The van der Waals surface area contributed by atoms with Crippen molar-refractivity contribution in [3.05, 3.63) is 70.7 Å². The van der Waals surface area contributed by atoms with Crippen LogP contribution < -0.4 is 0 Å². The van der Waals surface area contributed by atoms with Crippen LogP contribution in [0.5, 0.6) is 0 Å². The number of benzene rings is 2. The zero-order valence-corrected chi connectivity index (χ0v) is 20.5. The molecule has 178 valence electrons. The average molecular weight is 473 g/mol. The van der Waals surface area contributed by atoms with Crippen LogP contribution in [0.2, 0.25) is 5.02 Å². The van der Waals surface area contributed by atoms with Crippen molar-refractivity contribution in [2.75, 3.05) is 26.2 Å². The quantitative estimate of drug-likeness (QED) is 0.533. The highest BCUT2D eigenvalue weighted by molar-refractivity contribution is 6.30. The second-order valence-electron chi connectivity index (χ2n) is 9.19. The van der Waals surface area contributed by atoms with Crippen LogP contribution in [-0.2, 0) is 14.3 Å². The second-order valence-corrected chi connectivity index (χ2v) is 9.63. The van der Waals surface area contributed by atoms with Crippen LogP contribution in [0, 0.1) is 0 Å². The molecule has 0 N–H and O–H groups in total. The molecule has 0 aliphatic carbocycles. The number of esters is 1. The molecule has 1 amide bonds. The first-order valence-electron chi connectivity index (χ1n) is 11.4. The summed E-state index contributed by atoms with van der Waals surface area (Å²) in [5, 5.41) is 0.670. The molecule has 33 heavy (non-hydrogen) atoms. The maximum atomic E-state index is 12.8. The van der Waals surface area contributed by atoms with E-state index in [1.54, 1.807) is 11.8 Å². The zero-order valence-electron chi connectivity index (χ0n) is 19.8. The summed E-state index contributed by atoms with van der Waals surface area (Å²) < 4.78 is 10.9. The molecule has 1 unspecified atom stereocenters. The third kappa shape index (κ3) is 6.95. The van der Waals surface area contributed by atoms with Gasteiger partial charge in [0.05, 0.1) is 19.1 Å². The van der Waals surface area contributed by atoms with Crippen molar-refractivity contribution in [2.24, 2.45) is 0 Å². The van der Waals surface area contributed by atoms with Crippen LogP contribution >= 0.6 is 11.6 Å². The Morgan fingerprint density at radius 1 is 1.03 bits per heavy atom. The van der Waals surface area contributed by atoms with E-state index in [1.807, 2.05) is 63.2 Å². The largest absolute Gasteiger partial charge is 0.466 e. The fourth-order valence-corrected chi connectivity index (χ4v) is 4.28. The van der Waals surface area contributed by atoms with Crippen LogP contribution in [-0.4, -0.2) is 59.7 Å². The number of amides is 1. The Hall–Kier alpha value is -2.57. The van der Waals surface area contributed by atoms with Gasteiger partial charge in [-0.3, -0.25) is 9.69 Å². The lowest BCUT2D eigenvalue weighted by atomic mass is 9.93. The van der Waals surface area contributed by atoms with Gasteiger partial charge in [0, 0.05) is 30.7 Å². The minimum Gasteiger partial charge on any atom is -0.466 e. The van der Waals surface area contributed by atoms with Crippen molar-refractivity contribution >= 4 is 23.7 Å². The Balaban J connectivity index is 1.94. The number of carbonyl (C=O) groups is 2. The van der Waals surface area contributed by atoms with Gasteiger partial charge in [0.1, 0.15) is 5.60 Å². The molecule has 1 heterocycles. The molecule has 1 fully saturated rings. The van der Waals surface area contributed by atoms with Gasteiger partial charge in [0.15, 0.2) is 0 Å². The topological polar surface area (TPSA) is 59.1 Å². The first-order chi connectivity index (χ1) is 15.7. The van der Waals surface area contributed by atoms with Gasteiger partial charge in [-0.25, -0.2) is 4.79 Å². The second kappa shape index (κ2) is 11.0. The minimum atomic E-state index is -0.583. The highest BCUT2D eigenvalue weighted by Gasteiger charge is 2.37. The lowest BCUT2D eigenvalue weighted by Crippen LogP contribution is -2.57. The Labute approximate surface area is 201 Å². The van der Waals surface area contributed by atoms with Crippen LogP contribution in [0.25, 0.3) is 0 Å². The lowest BCUT2D eigenvalue weighted by Gasteiger charge is -2.45. The first-order valence-corrected chi connectivity index (χ1v) is 11.8. The van der Waals surface area contributed by atoms with E-state index in [4.69, 9.17) is 21.1 Å². The van der Waals surface area contributed by atoms with Gasteiger partial charge < -0.3 is 14.4 Å². The zero-order chi connectivity index (χ0) is 24.0. The van der Waals surface area contributed by atoms with Gasteiger partial charge >= 0.3 is 12.1 Å². The smallest absolute Gasteiger partial charge is 0.410 e. The molecule has 7 heteroatoms. The van der Waals surface area contributed by atoms with E-state index in [0.717, 1.165) is 11.1 Å². The van der Waals surface area contributed by atoms with E-state index in [-0.39, 0.29) is 30.6 Å². The third-order valence-electron chi connectivity index (χ3n) is 5.52. The minimum absolute atomic E-state index is 0.0938. The molecule has 0 radical (unpaired) electrons. The van der Waals surface area contributed by atoms with Crippen LogP contribution in [0.1, 0.15) is 51.3 Å². The average Bonchev–Trinajstić information content (AvgIpc) is 2.76. The first kappa shape index (κ1) is 25.1. The number of halogens is 1. The van der Waals surface area contributed by atoms with E-state index >= 15 is 0 Å². The standard InChI is InChI=1S/C26H33ClN2O4/c1-5-32-23(30)17-22-18-28(25(31)33-26(2,3)4)15-16-29(22)24(19-9-7-6-8-10-19)20-11-13-21(27)14-12-20/h6-14,22,24H,5,15-18H2,1-4H3/t22-,24?/m1/s1. The molecule has 3 rings (SSSR count). The van der Waals surface area contributed by atoms with Crippen LogP contribution in [0.3, 0.4) is 0 Å². The SMILES string of the molecule is CCOC(=O)C[C@@H]1CN(C(=O)OC(C)(C)C)CCN1C(c1ccccc1)c1ccc(Cl)cc1. The van der Waals surface area contributed by atoms with E-state index in [9.17, 15) is 9.59 Å². The third-order valence-corrected chi connectivity index (χ3v) is 5.77. The summed E-state index contributed by atoms with van der Waals surface area (Å²) in [6.45, 7) is 9.14. The lowest BCUT2D eigenvalue weighted by molar-refractivity contribution is -0.145. The fraction of sp³-hybridized carbons (Fsp3) is 0.462. The van der Waals surface area contributed by atoms with Crippen LogP contribution in [0.4, 0.5) is 4.79 Å². The number of carbonyl (C=O) groups excluding carboxylic acids is 2. The number of hydrogen-bond acceptors (Lipinski definition) is 5. The summed E-state index contributed by atoms with van der Waals surface area (Å²) >= 11 is 6.15. The normalized spacial score (nSPS) is 18.0. The van der Waals surface area contributed by atoms with Crippen molar-refractivity contribution in [2.45, 2.75) is 51.8 Å². The maximum Gasteiger partial charge on any atom is 0.410 e. The number of rotatable bonds is 6. The van der Waals surface area contributed by atoms with Crippen molar-refractivity contribution < 1.29 is 19.1 Å². The highest BCUT2D eigenvalue weighted by Crippen LogP contribution is 2.34. The molecular formula is C26H33ClN2O4. The molecule has 1 aliphatic heterocycles. The highest BCUT2D eigenvalue weighted by atomic mass is 35.5. The van der Waals surface area contributed by atoms with E-state index < -0.39 is 5.60 Å². The molecule has 1 saturated heterocycles. The summed E-state index contributed by atoms with van der Waals surface area (Å²) in [5.41, 5.74) is 1.60. The molecule has 2 atom stereocenters. The number of piperazine rings is 1. The predicted octanol–water partition coefficient (Wildman–Crippen LogP) is 5.30. The number of ether oxygens (including phenoxy) is 2. The molecule has 0 aromatic heterocycles. The molecule has 6 nitrogen and oxygen atoms in total. The fourth-order valence-electron chi connectivity index (χ4n) is 4.15. The summed E-state index contributed by atoms with van der Waals surface area (Å²) in [6, 6.07) is 17.6. The van der Waals surface area contributed by atoms with Gasteiger partial charge in [0.25, 0.3) is 0 Å². The molecule has 0 spiro atoms. The molecule has 2 aromatic carbocycles. The summed E-state index contributed by atoms with van der Waals surface area (Å²) in [7, 11) is 0. The van der Waals surface area contributed by atoms with Gasteiger partial charge in [-0.2, -0.15) is 0 Å². The Morgan fingerprint density at radius 2 is 1.67 bits per heavy atom. The Morgan fingerprint density at radius 3 is 2.27 bits per heavy atom. The maximum absolute atomic E-state index is 12.8. The molecule has 2 aromatic rings. The van der Waals surface area contributed by atoms with Gasteiger partial charge in [-0.15, -0.1) is 0 Å². The summed E-state index contributed by atoms with van der Waals surface area (Å²) in [4.78, 5) is 29.3. The number of hydrogen-bond donors (Lipinski definition) is 0. The van der Waals surface area contributed by atoms with Gasteiger partial charge in [0.2, 0.25) is 0 Å². The van der Waals surface area contributed by atoms with Gasteiger partial charge in [-0.05, 0) is 51.0 Å². The van der Waals surface area contributed by atoms with Crippen molar-refractivity contribution in [1.29, 1.82) is 0 Å². The molecule has 0 bridgehead atoms. The van der Waals surface area contributed by atoms with E-state index in [1.165, 1.54) is 0 Å². The van der Waals surface area contributed by atoms with Crippen molar-refractivity contribution in [3.63, 3.8) is 0 Å². The van der Waals surface area contributed by atoms with Crippen molar-refractivity contribution in [3.8, 4) is 0 Å². The monoisotopic (exact) mass is 472 g/mol. The van der Waals surface area contributed by atoms with E-state index in [2.05, 4.69) is 17.0 Å². The predicted molar refractivity (Wildman–Crippen MR) is 129 cm³/mol.